The topological polar surface area (TPSA) is 91.9 Å². The van der Waals surface area contributed by atoms with Crippen LogP contribution in [-0.2, 0) is 4.74 Å². The molecule has 1 aromatic heterocycles. The van der Waals surface area contributed by atoms with Gasteiger partial charge in [0, 0.05) is 30.3 Å². The molecule has 0 saturated carbocycles. The average molecular weight is 437 g/mol. The predicted molar refractivity (Wildman–Crippen MR) is 121 cm³/mol. The van der Waals surface area contributed by atoms with Crippen LogP contribution < -0.4 is 4.74 Å². The van der Waals surface area contributed by atoms with E-state index >= 15 is 0 Å². The quantitative estimate of drug-likeness (QED) is 0.591. The van der Waals surface area contributed by atoms with Crippen molar-refractivity contribution in [2.75, 3.05) is 20.3 Å². The number of aromatic nitrogens is 1. The second kappa shape index (κ2) is 9.04. The van der Waals surface area contributed by atoms with Crippen molar-refractivity contribution in [1.29, 1.82) is 0 Å². The predicted octanol–water partition coefficient (Wildman–Crippen LogP) is 4.57. The summed E-state index contributed by atoms with van der Waals surface area (Å²) in [6, 6.07) is 10.3. The fourth-order valence-electron chi connectivity index (χ4n) is 4.63. The third-order valence-electron chi connectivity index (χ3n) is 6.20. The molecule has 168 valence electrons. The molecule has 0 unspecified atom stereocenters. The summed E-state index contributed by atoms with van der Waals surface area (Å²) in [5, 5.41) is 10.1. The second-order valence-corrected chi connectivity index (χ2v) is 8.08. The highest BCUT2D eigenvalue weighted by atomic mass is 16.5. The maximum absolute atomic E-state index is 13.9. The number of methoxy groups -OCH3 is 1. The fourth-order valence-corrected chi connectivity index (χ4v) is 4.63. The number of carbonyl (C=O) groups is 2. The summed E-state index contributed by atoms with van der Waals surface area (Å²) >= 11 is 0. The summed E-state index contributed by atoms with van der Waals surface area (Å²) in [5.74, 6) is -0.528. The van der Waals surface area contributed by atoms with Gasteiger partial charge in [-0.15, -0.1) is 0 Å². The number of carboxylic acid groups (broad SMARTS) is 1. The number of benzene rings is 2. The zero-order valence-corrected chi connectivity index (χ0v) is 18.6. The third kappa shape index (κ3) is 3.96. The van der Waals surface area contributed by atoms with E-state index in [-0.39, 0.29) is 23.6 Å². The molecule has 1 saturated heterocycles. The van der Waals surface area contributed by atoms with Crippen LogP contribution in [0.15, 0.2) is 42.6 Å². The molecule has 2 aromatic carbocycles. The molecule has 3 aromatic rings. The monoisotopic (exact) mass is 436 g/mol. The number of H-pyrrole nitrogens is 1. The largest absolute Gasteiger partial charge is 0.496 e. The highest BCUT2D eigenvalue weighted by Gasteiger charge is 2.35. The van der Waals surface area contributed by atoms with Crippen molar-refractivity contribution in [3.8, 4) is 5.75 Å². The van der Waals surface area contributed by atoms with E-state index in [2.05, 4.69) is 4.98 Å². The molecule has 2 heterocycles. The molecule has 0 bridgehead atoms. The van der Waals surface area contributed by atoms with Gasteiger partial charge in [-0.1, -0.05) is 12.1 Å². The molecule has 0 radical (unpaired) electrons. The number of likely N-dealkylation sites (tertiary alicyclic amines) is 1. The van der Waals surface area contributed by atoms with Crippen molar-refractivity contribution in [2.24, 2.45) is 0 Å². The van der Waals surface area contributed by atoms with Crippen LogP contribution >= 0.6 is 0 Å². The van der Waals surface area contributed by atoms with Gasteiger partial charge in [0.15, 0.2) is 0 Å². The lowest BCUT2D eigenvalue weighted by molar-refractivity contribution is -0.00667. The highest BCUT2D eigenvalue weighted by Crippen LogP contribution is 2.37. The molecule has 1 aliphatic rings. The van der Waals surface area contributed by atoms with Crippen LogP contribution in [0.2, 0.25) is 0 Å². The van der Waals surface area contributed by atoms with Gasteiger partial charge in [0.1, 0.15) is 5.75 Å². The Labute approximate surface area is 186 Å². The summed E-state index contributed by atoms with van der Waals surface area (Å²) < 4.78 is 11.5. The molecule has 1 aliphatic heterocycles. The standard InChI is InChI=1S/C25H28N2O5/c1-4-32-18-10-12-27(20(14-18)16-5-7-17(8-6-16)25(29)30)24(28)22-19-9-11-26-23(19)15(2)13-21(22)31-3/h5-9,11,13,18,20,26H,4,10,12,14H2,1-3H3,(H,29,30)/t18-,20+/m1/s1. The van der Waals surface area contributed by atoms with Gasteiger partial charge in [-0.3, -0.25) is 4.79 Å². The van der Waals surface area contributed by atoms with E-state index in [0.717, 1.165) is 28.5 Å². The van der Waals surface area contributed by atoms with E-state index in [1.54, 1.807) is 31.4 Å². The molecule has 2 N–H and O–H groups in total. The first-order valence-corrected chi connectivity index (χ1v) is 10.8. The Morgan fingerprint density at radius 3 is 2.62 bits per heavy atom. The number of carbonyl (C=O) groups excluding carboxylic acids is 1. The van der Waals surface area contributed by atoms with Gasteiger partial charge in [-0.2, -0.15) is 0 Å². The second-order valence-electron chi connectivity index (χ2n) is 8.08. The molecule has 0 spiro atoms. The Hall–Kier alpha value is -3.32. The van der Waals surface area contributed by atoms with Crippen molar-refractivity contribution < 1.29 is 24.2 Å². The number of ether oxygens (including phenoxy) is 2. The number of aryl methyl sites for hydroxylation is 1. The Bertz CT molecular complexity index is 1140. The first-order chi connectivity index (χ1) is 15.4. The van der Waals surface area contributed by atoms with Crippen LogP contribution in [0, 0.1) is 6.92 Å². The molecule has 0 aliphatic carbocycles. The lowest BCUT2D eigenvalue weighted by Gasteiger charge is -2.40. The number of aromatic amines is 1. The zero-order valence-electron chi connectivity index (χ0n) is 18.6. The number of carboxylic acids is 1. The number of aromatic carboxylic acids is 1. The summed E-state index contributed by atoms with van der Waals surface area (Å²) in [6.45, 7) is 5.10. The molecule has 2 atom stereocenters. The molecule has 7 heteroatoms. The lowest BCUT2D eigenvalue weighted by atomic mass is 9.91. The molecule has 1 fully saturated rings. The van der Waals surface area contributed by atoms with Crippen LogP contribution in [0.5, 0.6) is 5.75 Å². The zero-order chi connectivity index (χ0) is 22.8. The SMILES string of the molecule is CCO[C@@H]1CCN(C(=O)c2c(OC)cc(C)c3[nH]ccc23)[C@H](c2ccc(C(=O)O)cc2)C1. The van der Waals surface area contributed by atoms with E-state index < -0.39 is 5.97 Å². The lowest BCUT2D eigenvalue weighted by Crippen LogP contribution is -2.43. The van der Waals surface area contributed by atoms with Crippen LogP contribution in [0.25, 0.3) is 10.9 Å². The number of rotatable bonds is 6. The van der Waals surface area contributed by atoms with E-state index in [0.29, 0.717) is 30.9 Å². The van der Waals surface area contributed by atoms with Gasteiger partial charge < -0.3 is 24.5 Å². The smallest absolute Gasteiger partial charge is 0.335 e. The van der Waals surface area contributed by atoms with Gasteiger partial charge in [-0.25, -0.2) is 4.79 Å². The van der Waals surface area contributed by atoms with Crippen LogP contribution in [0.1, 0.15) is 57.7 Å². The third-order valence-corrected chi connectivity index (χ3v) is 6.20. The van der Waals surface area contributed by atoms with Gasteiger partial charge >= 0.3 is 5.97 Å². The normalized spacial score (nSPS) is 18.7. The Kier molecular flexibility index (Phi) is 6.19. The van der Waals surface area contributed by atoms with Crippen molar-refractivity contribution in [3.05, 3.63) is 64.8 Å². The number of fused-ring (bicyclic) bond motifs is 1. The molecule has 32 heavy (non-hydrogen) atoms. The number of hydrogen-bond donors (Lipinski definition) is 2. The number of piperidine rings is 1. The van der Waals surface area contributed by atoms with Crippen molar-refractivity contribution in [3.63, 3.8) is 0 Å². The molecule has 7 nitrogen and oxygen atoms in total. The number of hydrogen-bond acceptors (Lipinski definition) is 4. The van der Waals surface area contributed by atoms with Crippen LogP contribution in [0.3, 0.4) is 0 Å². The average Bonchev–Trinajstić information content (AvgIpc) is 3.29. The summed E-state index contributed by atoms with van der Waals surface area (Å²) in [5.41, 5.74) is 3.58. The van der Waals surface area contributed by atoms with E-state index in [9.17, 15) is 14.7 Å². The minimum Gasteiger partial charge on any atom is -0.496 e. The summed E-state index contributed by atoms with van der Waals surface area (Å²) in [7, 11) is 1.58. The Morgan fingerprint density at radius 1 is 1.22 bits per heavy atom. The van der Waals surface area contributed by atoms with E-state index in [4.69, 9.17) is 9.47 Å². The van der Waals surface area contributed by atoms with Gasteiger partial charge in [-0.05, 0) is 62.1 Å². The highest BCUT2D eigenvalue weighted by molar-refractivity contribution is 6.09. The molecular formula is C25H28N2O5. The van der Waals surface area contributed by atoms with Crippen molar-refractivity contribution in [2.45, 2.75) is 38.8 Å². The first kappa shape index (κ1) is 21.9. The van der Waals surface area contributed by atoms with Gasteiger partial charge in [0.05, 0.1) is 30.4 Å². The molecular weight excluding hydrogens is 408 g/mol. The van der Waals surface area contributed by atoms with E-state index in [1.165, 1.54) is 0 Å². The van der Waals surface area contributed by atoms with Crippen molar-refractivity contribution in [1.82, 2.24) is 9.88 Å². The molecule has 4 rings (SSSR count). The van der Waals surface area contributed by atoms with E-state index in [1.807, 2.05) is 37.1 Å². The number of amides is 1. The minimum absolute atomic E-state index is 0.0420. The summed E-state index contributed by atoms with van der Waals surface area (Å²) in [6.07, 6.45) is 3.27. The van der Waals surface area contributed by atoms with Gasteiger partial charge in [0.25, 0.3) is 5.91 Å². The number of nitrogens with zero attached hydrogens (tertiary/aromatic N) is 1. The molecule has 1 amide bonds. The Balaban J connectivity index is 1.76. The minimum atomic E-state index is -0.973. The number of nitrogens with one attached hydrogen (secondary N) is 1. The van der Waals surface area contributed by atoms with Crippen molar-refractivity contribution >= 4 is 22.8 Å². The van der Waals surface area contributed by atoms with Crippen LogP contribution in [0.4, 0.5) is 0 Å². The van der Waals surface area contributed by atoms with Gasteiger partial charge in [0.2, 0.25) is 0 Å². The maximum Gasteiger partial charge on any atom is 0.335 e. The Morgan fingerprint density at radius 2 is 1.97 bits per heavy atom. The first-order valence-electron chi connectivity index (χ1n) is 10.8. The summed E-state index contributed by atoms with van der Waals surface area (Å²) in [4.78, 5) is 30.3. The fraction of sp³-hybridized carbons (Fsp3) is 0.360. The van der Waals surface area contributed by atoms with Crippen LogP contribution in [-0.4, -0.2) is 53.2 Å². The maximum atomic E-state index is 13.9.